The molecule has 2 atom stereocenters. The molecule has 1 aliphatic rings. The number of rotatable bonds is 6. The third kappa shape index (κ3) is 4.64. The summed E-state index contributed by atoms with van der Waals surface area (Å²) in [6, 6.07) is 10.6. The average Bonchev–Trinajstić information content (AvgIpc) is 2.67. The summed E-state index contributed by atoms with van der Waals surface area (Å²) in [7, 11) is 0. The van der Waals surface area contributed by atoms with Crippen molar-refractivity contribution in [3.8, 4) is 5.75 Å². The number of carbonyl (C=O) groups is 2. The molecule has 2 N–H and O–H groups in total. The number of nitrogens with zero attached hydrogens (tertiary/aromatic N) is 1. The SMILES string of the molecule is CC1(NC(=O)c2ccc(OCc3ccncc3)cc2)CCCCC1C(=O)O. The Labute approximate surface area is 158 Å². The van der Waals surface area contributed by atoms with Crippen LogP contribution in [0.1, 0.15) is 48.5 Å². The zero-order valence-corrected chi connectivity index (χ0v) is 15.4. The molecule has 3 rings (SSSR count). The van der Waals surface area contributed by atoms with Gasteiger partial charge in [0.25, 0.3) is 5.91 Å². The number of carboxylic acid groups (broad SMARTS) is 1. The fourth-order valence-electron chi connectivity index (χ4n) is 3.56. The van der Waals surface area contributed by atoms with Gasteiger partial charge in [0.05, 0.1) is 11.5 Å². The number of aliphatic carboxylic acids is 1. The number of nitrogens with one attached hydrogen (secondary N) is 1. The number of ether oxygens (including phenoxy) is 1. The second-order valence-electron chi connectivity index (χ2n) is 7.18. The van der Waals surface area contributed by atoms with Gasteiger partial charge in [-0.3, -0.25) is 14.6 Å². The number of carboxylic acids is 1. The van der Waals surface area contributed by atoms with Crippen molar-refractivity contribution in [2.24, 2.45) is 5.92 Å². The number of benzene rings is 1. The maximum atomic E-state index is 12.6. The molecule has 0 radical (unpaired) electrons. The molecule has 0 bridgehead atoms. The minimum Gasteiger partial charge on any atom is -0.489 e. The number of carbonyl (C=O) groups excluding carboxylic acids is 1. The van der Waals surface area contributed by atoms with Gasteiger partial charge >= 0.3 is 5.97 Å². The lowest BCUT2D eigenvalue weighted by Crippen LogP contribution is -2.55. The summed E-state index contributed by atoms with van der Waals surface area (Å²) in [6.45, 7) is 2.25. The van der Waals surface area contributed by atoms with Crippen LogP contribution in [0.5, 0.6) is 5.75 Å². The first kappa shape index (κ1) is 18.9. The van der Waals surface area contributed by atoms with Gasteiger partial charge in [0.2, 0.25) is 0 Å². The molecule has 1 fully saturated rings. The minimum atomic E-state index is -0.850. The van der Waals surface area contributed by atoms with E-state index < -0.39 is 17.4 Å². The van der Waals surface area contributed by atoms with Crippen LogP contribution < -0.4 is 10.1 Å². The Morgan fingerprint density at radius 3 is 2.56 bits per heavy atom. The summed E-state index contributed by atoms with van der Waals surface area (Å²) in [5.74, 6) is -1.00. The first-order valence-electron chi connectivity index (χ1n) is 9.15. The van der Waals surface area contributed by atoms with Gasteiger partial charge in [0.1, 0.15) is 12.4 Å². The molecule has 2 unspecified atom stereocenters. The van der Waals surface area contributed by atoms with Crippen LogP contribution in [-0.4, -0.2) is 27.5 Å². The largest absolute Gasteiger partial charge is 0.489 e. The van der Waals surface area contributed by atoms with Gasteiger partial charge in [-0.05, 0) is 61.7 Å². The maximum absolute atomic E-state index is 12.6. The summed E-state index contributed by atoms with van der Waals surface area (Å²) >= 11 is 0. The van der Waals surface area contributed by atoms with Gasteiger partial charge in [-0.15, -0.1) is 0 Å². The van der Waals surface area contributed by atoms with Crippen LogP contribution in [0.15, 0.2) is 48.8 Å². The smallest absolute Gasteiger partial charge is 0.308 e. The van der Waals surface area contributed by atoms with Gasteiger partial charge in [0.15, 0.2) is 0 Å². The zero-order valence-electron chi connectivity index (χ0n) is 15.4. The first-order valence-corrected chi connectivity index (χ1v) is 9.15. The van der Waals surface area contributed by atoms with E-state index in [-0.39, 0.29) is 5.91 Å². The fraction of sp³-hybridized carbons (Fsp3) is 0.381. The molecule has 1 amide bonds. The summed E-state index contributed by atoms with van der Waals surface area (Å²) in [6.07, 6.45) is 6.48. The molecule has 0 aliphatic heterocycles. The van der Waals surface area contributed by atoms with Gasteiger partial charge in [0, 0.05) is 18.0 Å². The second-order valence-corrected chi connectivity index (χ2v) is 7.18. The topological polar surface area (TPSA) is 88.5 Å². The normalized spacial score (nSPS) is 22.0. The molecule has 1 aliphatic carbocycles. The van der Waals surface area contributed by atoms with Crippen molar-refractivity contribution in [3.05, 3.63) is 59.9 Å². The van der Waals surface area contributed by atoms with Crippen LogP contribution in [0.3, 0.4) is 0 Å². The molecule has 1 heterocycles. The zero-order chi connectivity index (χ0) is 19.3. The highest BCUT2D eigenvalue weighted by Crippen LogP contribution is 2.34. The van der Waals surface area contributed by atoms with E-state index in [9.17, 15) is 14.7 Å². The quantitative estimate of drug-likeness (QED) is 0.815. The average molecular weight is 368 g/mol. The molecule has 0 saturated heterocycles. The van der Waals surface area contributed by atoms with Gasteiger partial charge in [-0.25, -0.2) is 0 Å². The summed E-state index contributed by atoms with van der Waals surface area (Å²) in [5.41, 5.74) is 0.775. The van der Waals surface area contributed by atoms with Gasteiger partial charge in [-0.1, -0.05) is 12.8 Å². The van der Waals surface area contributed by atoms with E-state index in [1.165, 1.54) is 0 Å². The van der Waals surface area contributed by atoms with Crippen molar-refractivity contribution >= 4 is 11.9 Å². The molecule has 27 heavy (non-hydrogen) atoms. The lowest BCUT2D eigenvalue weighted by atomic mass is 9.73. The molecule has 142 valence electrons. The Kier molecular flexibility index (Phi) is 5.74. The third-order valence-corrected chi connectivity index (χ3v) is 5.18. The van der Waals surface area contributed by atoms with E-state index in [2.05, 4.69) is 10.3 Å². The van der Waals surface area contributed by atoms with Crippen molar-refractivity contribution in [2.45, 2.75) is 44.8 Å². The minimum absolute atomic E-state index is 0.258. The Bertz CT molecular complexity index is 792. The van der Waals surface area contributed by atoms with Crippen molar-refractivity contribution in [1.82, 2.24) is 10.3 Å². The molecule has 1 saturated carbocycles. The van der Waals surface area contributed by atoms with Crippen molar-refractivity contribution in [2.75, 3.05) is 0 Å². The predicted molar refractivity (Wildman–Crippen MR) is 100 cm³/mol. The number of hydrogen-bond donors (Lipinski definition) is 2. The highest BCUT2D eigenvalue weighted by atomic mass is 16.5. The van der Waals surface area contributed by atoms with Crippen LogP contribution in [0.4, 0.5) is 0 Å². The van der Waals surface area contributed by atoms with E-state index >= 15 is 0 Å². The Balaban J connectivity index is 1.62. The molecule has 6 heteroatoms. The maximum Gasteiger partial charge on any atom is 0.308 e. The third-order valence-electron chi connectivity index (χ3n) is 5.18. The highest BCUT2D eigenvalue weighted by Gasteiger charge is 2.42. The van der Waals surface area contributed by atoms with Crippen LogP contribution >= 0.6 is 0 Å². The van der Waals surface area contributed by atoms with Crippen molar-refractivity contribution < 1.29 is 19.4 Å². The Morgan fingerprint density at radius 2 is 1.89 bits per heavy atom. The van der Waals surface area contributed by atoms with Crippen LogP contribution in [0, 0.1) is 5.92 Å². The van der Waals surface area contributed by atoms with Gasteiger partial charge < -0.3 is 15.2 Å². The van der Waals surface area contributed by atoms with E-state index in [0.717, 1.165) is 18.4 Å². The molecule has 0 spiro atoms. The summed E-state index contributed by atoms with van der Waals surface area (Å²) in [5, 5.41) is 12.4. The Morgan fingerprint density at radius 1 is 1.19 bits per heavy atom. The van der Waals surface area contributed by atoms with Crippen LogP contribution in [-0.2, 0) is 11.4 Å². The molecule has 1 aromatic heterocycles. The van der Waals surface area contributed by atoms with E-state index in [1.54, 1.807) is 36.7 Å². The number of pyridine rings is 1. The van der Waals surface area contributed by atoms with Crippen LogP contribution in [0.25, 0.3) is 0 Å². The molecule has 1 aromatic carbocycles. The molecule has 2 aromatic rings. The fourth-order valence-corrected chi connectivity index (χ4v) is 3.56. The Hall–Kier alpha value is -2.89. The monoisotopic (exact) mass is 368 g/mol. The van der Waals surface area contributed by atoms with E-state index in [0.29, 0.717) is 30.8 Å². The molecular weight excluding hydrogens is 344 g/mol. The second kappa shape index (κ2) is 8.20. The van der Waals surface area contributed by atoms with E-state index in [1.807, 2.05) is 19.1 Å². The first-order chi connectivity index (χ1) is 13.0. The van der Waals surface area contributed by atoms with E-state index in [4.69, 9.17) is 4.74 Å². The lowest BCUT2D eigenvalue weighted by Gasteiger charge is -2.39. The lowest BCUT2D eigenvalue weighted by molar-refractivity contribution is -0.145. The summed E-state index contributed by atoms with van der Waals surface area (Å²) < 4.78 is 5.71. The number of hydrogen-bond acceptors (Lipinski definition) is 4. The molecular formula is C21H24N2O4. The van der Waals surface area contributed by atoms with Crippen molar-refractivity contribution in [3.63, 3.8) is 0 Å². The summed E-state index contributed by atoms with van der Waals surface area (Å²) in [4.78, 5) is 28.1. The van der Waals surface area contributed by atoms with Crippen LogP contribution in [0.2, 0.25) is 0 Å². The standard InChI is InChI=1S/C21H24N2O4/c1-21(11-3-2-4-18(21)20(25)26)23-19(24)16-5-7-17(8-6-16)27-14-15-9-12-22-13-10-15/h5-10,12-13,18H,2-4,11,14H2,1H3,(H,23,24)(H,25,26). The molecule has 6 nitrogen and oxygen atoms in total. The van der Waals surface area contributed by atoms with Crippen molar-refractivity contribution in [1.29, 1.82) is 0 Å². The highest BCUT2D eigenvalue weighted by molar-refractivity contribution is 5.95. The predicted octanol–water partition coefficient (Wildman–Crippen LogP) is 3.42. The van der Waals surface area contributed by atoms with Gasteiger partial charge in [-0.2, -0.15) is 0 Å². The number of amides is 1. The number of aromatic nitrogens is 1.